The molecule has 2 rings (SSSR count). The Balaban J connectivity index is 2.16. The molecule has 8 heteroatoms. The molecule has 0 aliphatic heterocycles. The highest BCUT2D eigenvalue weighted by molar-refractivity contribution is 7.17. The van der Waals surface area contributed by atoms with Crippen LogP contribution in [0.15, 0.2) is 18.2 Å². The highest BCUT2D eigenvalue weighted by Gasteiger charge is 2.18. The van der Waals surface area contributed by atoms with E-state index in [4.69, 9.17) is 27.9 Å². The van der Waals surface area contributed by atoms with Crippen LogP contribution >= 0.6 is 34.5 Å². The average Bonchev–Trinajstić information content (AvgIpc) is 2.82. The molecule has 0 atom stereocenters. The number of ether oxygens (including phenoxy) is 1. The molecule has 0 aliphatic rings. The Morgan fingerprint density at radius 1 is 1.32 bits per heavy atom. The molecule has 22 heavy (non-hydrogen) atoms. The van der Waals surface area contributed by atoms with Gasteiger partial charge in [-0.3, -0.25) is 10.1 Å². The first-order valence-electron chi connectivity index (χ1n) is 6.33. The Bertz CT molecular complexity index is 731. The summed E-state index contributed by atoms with van der Waals surface area (Å²) in [6.45, 7) is 3.68. The highest BCUT2D eigenvalue weighted by Crippen LogP contribution is 2.26. The molecule has 1 aromatic heterocycles. The smallest absolute Gasteiger partial charge is 0.350 e. The summed E-state index contributed by atoms with van der Waals surface area (Å²) in [5, 5.41) is 3.60. The summed E-state index contributed by atoms with van der Waals surface area (Å²) < 4.78 is 4.93. The molecule has 0 radical (unpaired) electrons. The summed E-state index contributed by atoms with van der Waals surface area (Å²) >= 11 is 12.8. The second-order valence-electron chi connectivity index (χ2n) is 4.24. The molecule has 0 bridgehead atoms. The van der Waals surface area contributed by atoms with Crippen LogP contribution in [0.25, 0.3) is 0 Å². The van der Waals surface area contributed by atoms with Crippen LogP contribution in [0.2, 0.25) is 10.0 Å². The minimum atomic E-state index is -0.451. The number of carbonyl (C=O) groups is 2. The number of thiazole rings is 1. The fourth-order valence-electron chi connectivity index (χ4n) is 1.64. The lowest BCUT2D eigenvalue weighted by molar-refractivity contribution is 0.0531. The van der Waals surface area contributed by atoms with Gasteiger partial charge in [0.2, 0.25) is 0 Å². The lowest BCUT2D eigenvalue weighted by Crippen LogP contribution is -2.11. The van der Waals surface area contributed by atoms with Gasteiger partial charge in [-0.2, -0.15) is 0 Å². The second-order valence-corrected chi connectivity index (χ2v) is 6.05. The van der Waals surface area contributed by atoms with Gasteiger partial charge in [0.1, 0.15) is 4.88 Å². The van der Waals surface area contributed by atoms with Crippen LogP contribution in [-0.4, -0.2) is 23.5 Å². The number of aromatic nitrogens is 1. The Labute approximate surface area is 141 Å². The number of nitrogens with zero attached hydrogens (tertiary/aromatic N) is 1. The molecule has 0 saturated carbocycles. The van der Waals surface area contributed by atoms with Gasteiger partial charge in [0.25, 0.3) is 5.91 Å². The normalized spacial score (nSPS) is 10.4. The van der Waals surface area contributed by atoms with Crippen molar-refractivity contribution in [1.82, 2.24) is 4.98 Å². The van der Waals surface area contributed by atoms with Crippen LogP contribution in [0.5, 0.6) is 0 Å². The van der Waals surface area contributed by atoms with E-state index in [9.17, 15) is 9.59 Å². The Morgan fingerprint density at radius 3 is 2.68 bits per heavy atom. The van der Waals surface area contributed by atoms with Crippen LogP contribution in [0.4, 0.5) is 5.13 Å². The van der Waals surface area contributed by atoms with Crippen molar-refractivity contribution in [2.45, 2.75) is 13.8 Å². The topological polar surface area (TPSA) is 68.3 Å². The third-order valence-corrected chi connectivity index (χ3v) is 4.45. The summed E-state index contributed by atoms with van der Waals surface area (Å²) in [6.07, 6.45) is 0. The number of aryl methyl sites for hydroxylation is 1. The molecule has 0 aliphatic carbocycles. The number of esters is 1. The number of halogens is 2. The van der Waals surface area contributed by atoms with E-state index in [1.165, 1.54) is 12.1 Å². The van der Waals surface area contributed by atoms with Crippen molar-refractivity contribution in [1.29, 1.82) is 0 Å². The summed E-state index contributed by atoms with van der Waals surface area (Å²) in [5.41, 5.74) is 0.854. The van der Waals surface area contributed by atoms with Gasteiger partial charge in [-0.25, -0.2) is 9.78 Å². The van der Waals surface area contributed by atoms with Gasteiger partial charge in [0.05, 0.1) is 22.3 Å². The van der Waals surface area contributed by atoms with Crippen molar-refractivity contribution in [3.8, 4) is 0 Å². The molecule has 0 fully saturated rings. The van der Waals surface area contributed by atoms with E-state index in [0.29, 0.717) is 26.3 Å². The number of anilines is 1. The summed E-state index contributed by atoms with van der Waals surface area (Å²) in [5.74, 6) is -0.838. The van der Waals surface area contributed by atoms with E-state index < -0.39 is 5.97 Å². The van der Waals surface area contributed by atoms with E-state index in [1.807, 2.05) is 0 Å². The monoisotopic (exact) mass is 358 g/mol. The van der Waals surface area contributed by atoms with Crippen molar-refractivity contribution in [3.05, 3.63) is 44.4 Å². The number of amides is 1. The maximum absolute atomic E-state index is 12.1. The number of rotatable bonds is 4. The average molecular weight is 359 g/mol. The zero-order valence-corrected chi connectivity index (χ0v) is 14.1. The summed E-state index contributed by atoms with van der Waals surface area (Å²) in [6, 6.07) is 4.55. The SMILES string of the molecule is CCOC(=O)c1sc(NC(=O)c2ccc(Cl)c(Cl)c2)nc1C. The van der Waals surface area contributed by atoms with Crippen LogP contribution in [0, 0.1) is 6.92 Å². The zero-order chi connectivity index (χ0) is 16.3. The molecule has 5 nitrogen and oxygen atoms in total. The molecule has 0 unspecified atom stereocenters. The predicted octanol–water partition coefficient (Wildman–Crippen LogP) is 4.19. The zero-order valence-electron chi connectivity index (χ0n) is 11.8. The second kappa shape index (κ2) is 7.09. The van der Waals surface area contributed by atoms with Gasteiger partial charge >= 0.3 is 5.97 Å². The third-order valence-electron chi connectivity index (χ3n) is 2.66. The van der Waals surface area contributed by atoms with Crippen LogP contribution in [-0.2, 0) is 4.74 Å². The van der Waals surface area contributed by atoms with Gasteiger partial charge in [-0.15, -0.1) is 0 Å². The molecular formula is C14H12Cl2N2O3S. The quantitative estimate of drug-likeness (QED) is 0.832. The summed E-state index contributed by atoms with van der Waals surface area (Å²) in [4.78, 5) is 28.4. The maximum Gasteiger partial charge on any atom is 0.350 e. The first kappa shape index (κ1) is 16.7. The first-order valence-corrected chi connectivity index (χ1v) is 7.90. The van der Waals surface area contributed by atoms with E-state index in [1.54, 1.807) is 19.9 Å². The Hall–Kier alpha value is -1.63. The highest BCUT2D eigenvalue weighted by atomic mass is 35.5. The Morgan fingerprint density at radius 2 is 2.05 bits per heavy atom. The number of nitrogens with one attached hydrogen (secondary N) is 1. The lowest BCUT2D eigenvalue weighted by atomic mass is 10.2. The minimum absolute atomic E-state index is 0.279. The fourth-order valence-corrected chi connectivity index (χ4v) is 2.80. The van der Waals surface area contributed by atoms with Gasteiger partial charge in [0.15, 0.2) is 5.13 Å². The first-order chi connectivity index (χ1) is 10.4. The molecule has 0 spiro atoms. The fraction of sp³-hybridized carbons (Fsp3) is 0.214. The summed E-state index contributed by atoms with van der Waals surface area (Å²) in [7, 11) is 0. The van der Waals surface area contributed by atoms with Crippen molar-refractivity contribution in [3.63, 3.8) is 0 Å². The van der Waals surface area contributed by atoms with Crippen molar-refractivity contribution < 1.29 is 14.3 Å². The molecule has 116 valence electrons. The van der Waals surface area contributed by atoms with Crippen molar-refractivity contribution >= 4 is 51.5 Å². The number of benzene rings is 1. The molecule has 2 aromatic rings. The molecule has 1 heterocycles. The van der Waals surface area contributed by atoms with E-state index in [0.717, 1.165) is 11.3 Å². The lowest BCUT2D eigenvalue weighted by Gasteiger charge is -2.03. The van der Waals surface area contributed by atoms with Crippen LogP contribution < -0.4 is 5.32 Å². The number of carbonyl (C=O) groups excluding carboxylic acids is 2. The molecule has 1 amide bonds. The van der Waals surface area contributed by atoms with Crippen LogP contribution in [0.3, 0.4) is 0 Å². The Kier molecular flexibility index (Phi) is 5.39. The molecule has 1 N–H and O–H groups in total. The van der Waals surface area contributed by atoms with Crippen molar-refractivity contribution in [2.24, 2.45) is 0 Å². The molecule has 1 aromatic carbocycles. The van der Waals surface area contributed by atoms with Crippen LogP contribution in [0.1, 0.15) is 32.6 Å². The molecule has 0 saturated heterocycles. The maximum atomic E-state index is 12.1. The van der Waals surface area contributed by atoms with Crippen molar-refractivity contribution in [2.75, 3.05) is 11.9 Å². The number of hydrogen-bond acceptors (Lipinski definition) is 5. The largest absolute Gasteiger partial charge is 0.462 e. The minimum Gasteiger partial charge on any atom is -0.462 e. The van der Waals surface area contributed by atoms with Gasteiger partial charge < -0.3 is 4.74 Å². The van der Waals surface area contributed by atoms with E-state index in [-0.39, 0.29) is 17.5 Å². The number of hydrogen-bond donors (Lipinski definition) is 1. The van der Waals surface area contributed by atoms with E-state index in [2.05, 4.69) is 10.3 Å². The van der Waals surface area contributed by atoms with E-state index >= 15 is 0 Å². The van der Waals surface area contributed by atoms with Gasteiger partial charge in [-0.05, 0) is 32.0 Å². The third kappa shape index (κ3) is 3.76. The predicted molar refractivity (Wildman–Crippen MR) is 87.2 cm³/mol. The van der Waals surface area contributed by atoms with Gasteiger partial charge in [-0.1, -0.05) is 34.5 Å². The standard InChI is InChI=1S/C14H12Cl2N2O3S/c1-3-21-13(20)11-7(2)17-14(22-11)18-12(19)8-4-5-9(15)10(16)6-8/h4-6H,3H2,1-2H3,(H,17,18,19). The molecular weight excluding hydrogens is 347 g/mol. The van der Waals surface area contributed by atoms with Gasteiger partial charge in [0, 0.05) is 5.56 Å².